The molecule has 0 amide bonds. The maximum atomic E-state index is 5.80. The van der Waals surface area contributed by atoms with Crippen molar-refractivity contribution in [3.05, 3.63) is 47.7 Å². The normalized spacial score (nSPS) is 10.4. The van der Waals surface area contributed by atoms with E-state index in [-0.39, 0.29) is 0 Å². The standard InChI is InChI=1S/C17H22N2O2/c1-4-13-6-8-15(16(10-13)20-3)21-17-9-7-14(12-19-17)11-18-5-2/h6-10,12,18H,4-5,11H2,1-3H3. The van der Waals surface area contributed by atoms with Crippen molar-refractivity contribution in [2.45, 2.75) is 26.8 Å². The third-order valence-corrected chi connectivity index (χ3v) is 3.23. The van der Waals surface area contributed by atoms with Crippen molar-refractivity contribution in [3.63, 3.8) is 0 Å². The summed E-state index contributed by atoms with van der Waals surface area (Å²) in [6.07, 6.45) is 2.79. The minimum atomic E-state index is 0.567. The van der Waals surface area contributed by atoms with Crippen LogP contribution in [0.1, 0.15) is 25.0 Å². The number of aromatic nitrogens is 1. The summed E-state index contributed by atoms with van der Waals surface area (Å²) in [5, 5.41) is 3.26. The largest absolute Gasteiger partial charge is 0.493 e. The zero-order valence-corrected chi connectivity index (χ0v) is 12.8. The topological polar surface area (TPSA) is 43.4 Å². The molecular formula is C17H22N2O2. The average molecular weight is 286 g/mol. The lowest BCUT2D eigenvalue weighted by atomic mass is 10.1. The first-order valence-electron chi connectivity index (χ1n) is 7.27. The minimum Gasteiger partial charge on any atom is -0.493 e. The van der Waals surface area contributed by atoms with E-state index in [1.54, 1.807) is 7.11 Å². The number of hydrogen-bond acceptors (Lipinski definition) is 4. The van der Waals surface area contributed by atoms with Crippen LogP contribution in [0, 0.1) is 0 Å². The van der Waals surface area contributed by atoms with E-state index in [2.05, 4.69) is 24.1 Å². The summed E-state index contributed by atoms with van der Waals surface area (Å²) >= 11 is 0. The highest BCUT2D eigenvalue weighted by molar-refractivity contribution is 5.44. The molecular weight excluding hydrogens is 264 g/mol. The third kappa shape index (κ3) is 4.20. The lowest BCUT2D eigenvalue weighted by Gasteiger charge is -2.11. The monoisotopic (exact) mass is 286 g/mol. The Morgan fingerprint density at radius 3 is 2.48 bits per heavy atom. The van der Waals surface area contributed by atoms with Crippen LogP contribution in [0.15, 0.2) is 36.5 Å². The Hall–Kier alpha value is -2.07. The Morgan fingerprint density at radius 1 is 1.05 bits per heavy atom. The van der Waals surface area contributed by atoms with Crippen LogP contribution in [-0.2, 0) is 13.0 Å². The molecule has 1 heterocycles. The molecule has 0 aliphatic heterocycles. The van der Waals surface area contributed by atoms with Gasteiger partial charge >= 0.3 is 0 Å². The molecule has 0 aliphatic carbocycles. The van der Waals surface area contributed by atoms with Crippen molar-refractivity contribution in [1.29, 1.82) is 0 Å². The second-order valence-electron chi connectivity index (χ2n) is 4.73. The summed E-state index contributed by atoms with van der Waals surface area (Å²) in [5.74, 6) is 1.98. The van der Waals surface area contributed by atoms with Crippen molar-refractivity contribution < 1.29 is 9.47 Å². The maximum Gasteiger partial charge on any atom is 0.219 e. The van der Waals surface area contributed by atoms with Gasteiger partial charge in [-0.05, 0) is 36.2 Å². The summed E-state index contributed by atoms with van der Waals surface area (Å²) in [4.78, 5) is 4.33. The van der Waals surface area contributed by atoms with Gasteiger partial charge < -0.3 is 14.8 Å². The Kier molecular flexibility index (Phi) is 5.58. The van der Waals surface area contributed by atoms with Gasteiger partial charge in [0.2, 0.25) is 5.88 Å². The Bertz CT molecular complexity index is 568. The number of nitrogens with one attached hydrogen (secondary N) is 1. The predicted molar refractivity (Wildman–Crippen MR) is 84.1 cm³/mol. The molecule has 1 N–H and O–H groups in total. The smallest absolute Gasteiger partial charge is 0.219 e. The van der Waals surface area contributed by atoms with Gasteiger partial charge in [0.1, 0.15) is 0 Å². The van der Waals surface area contributed by atoms with Crippen LogP contribution in [0.5, 0.6) is 17.4 Å². The molecule has 0 unspecified atom stereocenters. The van der Waals surface area contributed by atoms with Gasteiger partial charge in [0.25, 0.3) is 0 Å². The number of benzene rings is 1. The zero-order valence-electron chi connectivity index (χ0n) is 12.8. The predicted octanol–water partition coefficient (Wildman–Crippen LogP) is 3.55. The molecule has 0 atom stereocenters. The van der Waals surface area contributed by atoms with Crippen molar-refractivity contribution in [3.8, 4) is 17.4 Å². The van der Waals surface area contributed by atoms with Crippen molar-refractivity contribution in [2.75, 3.05) is 13.7 Å². The second-order valence-corrected chi connectivity index (χ2v) is 4.73. The molecule has 0 aliphatic rings. The molecule has 21 heavy (non-hydrogen) atoms. The van der Waals surface area contributed by atoms with E-state index in [1.807, 2.05) is 36.5 Å². The number of nitrogens with zero attached hydrogens (tertiary/aromatic N) is 1. The van der Waals surface area contributed by atoms with E-state index in [0.29, 0.717) is 11.6 Å². The molecule has 1 aromatic heterocycles. The number of methoxy groups -OCH3 is 1. The van der Waals surface area contributed by atoms with Gasteiger partial charge in [0, 0.05) is 18.8 Å². The summed E-state index contributed by atoms with van der Waals surface area (Å²) < 4.78 is 11.2. The molecule has 0 saturated heterocycles. The van der Waals surface area contributed by atoms with Crippen molar-refractivity contribution in [2.24, 2.45) is 0 Å². The molecule has 1 aromatic carbocycles. The van der Waals surface area contributed by atoms with Gasteiger partial charge in [0.15, 0.2) is 11.5 Å². The summed E-state index contributed by atoms with van der Waals surface area (Å²) in [7, 11) is 1.65. The Morgan fingerprint density at radius 2 is 1.86 bits per heavy atom. The minimum absolute atomic E-state index is 0.567. The fourth-order valence-corrected chi connectivity index (χ4v) is 1.97. The first kappa shape index (κ1) is 15.3. The van der Waals surface area contributed by atoms with Crippen LogP contribution >= 0.6 is 0 Å². The molecule has 0 bridgehead atoms. The Balaban J connectivity index is 2.10. The first-order chi connectivity index (χ1) is 10.3. The number of pyridine rings is 1. The Labute approximate surface area is 126 Å². The van der Waals surface area contributed by atoms with E-state index >= 15 is 0 Å². The van der Waals surface area contributed by atoms with Gasteiger partial charge in [0.05, 0.1) is 7.11 Å². The molecule has 0 spiro atoms. The van der Waals surface area contributed by atoms with E-state index in [4.69, 9.17) is 9.47 Å². The van der Waals surface area contributed by atoms with E-state index in [1.165, 1.54) is 5.56 Å². The van der Waals surface area contributed by atoms with E-state index < -0.39 is 0 Å². The highest BCUT2D eigenvalue weighted by Gasteiger charge is 2.07. The molecule has 112 valence electrons. The number of hydrogen-bond donors (Lipinski definition) is 1. The SMILES string of the molecule is CCNCc1ccc(Oc2ccc(CC)cc2OC)nc1. The van der Waals surface area contributed by atoms with Crippen LogP contribution in [0.2, 0.25) is 0 Å². The van der Waals surface area contributed by atoms with Crippen LogP contribution in [0.4, 0.5) is 0 Å². The van der Waals surface area contributed by atoms with Gasteiger partial charge in [-0.15, -0.1) is 0 Å². The summed E-state index contributed by atoms with van der Waals surface area (Å²) in [6, 6.07) is 9.84. The van der Waals surface area contributed by atoms with Gasteiger partial charge in [-0.1, -0.05) is 26.0 Å². The van der Waals surface area contributed by atoms with Gasteiger partial charge in [-0.3, -0.25) is 0 Å². The number of ether oxygens (including phenoxy) is 2. The first-order valence-corrected chi connectivity index (χ1v) is 7.27. The fraction of sp³-hybridized carbons (Fsp3) is 0.353. The molecule has 4 nitrogen and oxygen atoms in total. The highest BCUT2D eigenvalue weighted by Crippen LogP contribution is 2.31. The second kappa shape index (κ2) is 7.64. The molecule has 0 fully saturated rings. The van der Waals surface area contributed by atoms with Crippen LogP contribution in [0.3, 0.4) is 0 Å². The lowest BCUT2D eigenvalue weighted by Crippen LogP contribution is -2.11. The van der Waals surface area contributed by atoms with Crippen molar-refractivity contribution in [1.82, 2.24) is 10.3 Å². The maximum absolute atomic E-state index is 5.80. The molecule has 0 saturated carbocycles. The molecule has 0 radical (unpaired) electrons. The molecule has 2 rings (SSSR count). The van der Waals surface area contributed by atoms with Crippen molar-refractivity contribution >= 4 is 0 Å². The summed E-state index contributed by atoms with van der Waals surface area (Å²) in [6.45, 7) is 5.95. The lowest BCUT2D eigenvalue weighted by molar-refractivity contribution is 0.373. The highest BCUT2D eigenvalue weighted by atomic mass is 16.5. The third-order valence-electron chi connectivity index (χ3n) is 3.23. The van der Waals surface area contributed by atoms with E-state index in [9.17, 15) is 0 Å². The van der Waals surface area contributed by atoms with Gasteiger partial charge in [-0.25, -0.2) is 4.98 Å². The fourth-order valence-electron chi connectivity index (χ4n) is 1.97. The van der Waals surface area contributed by atoms with Crippen LogP contribution in [-0.4, -0.2) is 18.6 Å². The number of aryl methyl sites for hydroxylation is 1. The molecule has 4 heteroatoms. The van der Waals surface area contributed by atoms with E-state index in [0.717, 1.165) is 30.8 Å². The number of rotatable bonds is 7. The molecule has 2 aromatic rings. The van der Waals surface area contributed by atoms with Crippen LogP contribution in [0.25, 0.3) is 0 Å². The van der Waals surface area contributed by atoms with Gasteiger partial charge in [-0.2, -0.15) is 0 Å². The summed E-state index contributed by atoms with van der Waals surface area (Å²) in [5.41, 5.74) is 2.35. The quantitative estimate of drug-likeness (QED) is 0.845. The zero-order chi connectivity index (χ0) is 15.1. The average Bonchev–Trinajstić information content (AvgIpc) is 2.54. The van der Waals surface area contributed by atoms with Crippen LogP contribution < -0.4 is 14.8 Å².